The van der Waals surface area contributed by atoms with Gasteiger partial charge in [0, 0.05) is 13.0 Å². The smallest absolute Gasteiger partial charge is 0.384 e. The van der Waals surface area contributed by atoms with Crippen LogP contribution in [-0.4, -0.2) is 28.2 Å². The maximum absolute atomic E-state index is 12.0. The Morgan fingerprint density at radius 1 is 1.21 bits per heavy atom. The van der Waals surface area contributed by atoms with Crippen LogP contribution in [0.2, 0.25) is 0 Å². The van der Waals surface area contributed by atoms with E-state index in [0.717, 1.165) is 0 Å². The highest BCUT2D eigenvalue weighted by Crippen LogP contribution is 2.23. The van der Waals surface area contributed by atoms with Gasteiger partial charge >= 0.3 is 6.18 Å². The van der Waals surface area contributed by atoms with E-state index >= 15 is 0 Å². The quantitative estimate of drug-likeness (QED) is 0.792. The van der Waals surface area contributed by atoms with E-state index in [4.69, 9.17) is 0 Å². The van der Waals surface area contributed by atoms with Crippen molar-refractivity contribution in [3.05, 3.63) is 24.3 Å². The molecule has 0 aliphatic rings. The molecule has 0 bridgehead atoms. The molecule has 1 rings (SSSR count). The van der Waals surface area contributed by atoms with Crippen LogP contribution in [0.5, 0.6) is 0 Å². The van der Waals surface area contributed by atoms with Crippen LogP contribution in [-0.2, 0) is 10.0 Å². The second-order valence-corrected chi connectivity index (χ2v) is 5.70. The number of rotatable bonds is 6. The fourth-order valence-corrected chi connectivity index (χ4v) is 2.38. The summed E-state index contributed by atoms with van der Waals surface area (Å²) in [5.74, 6) is 0. The maximum Gasteiger partial charge on any atom is 0.389 e. The van der Waals surface area contributed by atoms with Crippen molar-refractivity contribution in [2.45, 2.75) is 23.9 Å². The van der Waals surface area contributed by atoms with Crippen LogP contribution >= 0.6 is 0 Å². The van der Waals surface area contributed by atoms with Gasteiger partial charge in [0.2, 0.25) is 10.0 Å². The summed E-state index contributed by atoms with van der Waals surface area (Å²) in [6.07, 6.45) is -5.21. The van der Waals surface area contributed by atoms with Crippen LogP contribution in [0, 0.1) is 0 Å². The predicted octanol–water partition coefficient (Wildman–Crippen LogP) is 2.35. The minimum atomic E-state index is -4.20. The Morgan fingerprint density at radius 3 is 2.42 bits per heavy atom. The van der Waals surface area contributed by atoms with E-state index in [1.54, 1.807) is 12.1 Å². The van der Waals surface area contributed by atoms with E-state index < -0.39 is 22.6 Å². The standard InChI is InChI=1S/C11H15F3N2O2S/c1-15-19(17,18)10-6-3-2-5-9(10)16-8-4-7-11(12,13)14/h2-3,5-6,15-16H,4,7-8H2,1H3. The van der Waals surface area contributed by atoms with Crippen LogP contribution in [0.3, 0.4) is 0 Å². The number of halogens is 3. The Labute approximate surface area is 110 Å². The monoisotopic (exact) mass is 296 g/mol. The van der Waals surface area contributed by atoms with E-state index in [2.05, 4.69) is 10.0 Å². The zero-order valence-corrected chi connectivity index (χ0v) is 11.1. The number of nitrogens with one attached hydrogen (secondary N) is 2. The SMILES string of the molecule is CNS(=O)(=O)c1ccccc1NCCCC(F)(F)F. The molecule has 19 heavy (non-hydrogen) atoms. The molecule has 4 nitrogen and oxygen atoms in total. The first-order chi connectivity index (χ1) is 8.76. The average Bonchev–Trinajstić information content (AvgIpc) is 2.34. The van der Waals surface area contributed by atoms with Gasteiger partial charge in [0.25, 0.3) is 0 Å². The number of anilines is 1. The van der Waals surface area contributed by atoms with Crippen molar-refractivity contribution < 1.29 is 21.6 Å². The first-order valence-corrected chi connectivity index (χ1v) is 7.08. The molecular weight excluding hydrogens is 281 g/mol. The predicted molar refractivity (Wildman–Crippen MR) is 66.5 cm³/mol. The molecule has 0 saturated heterocycles. The molecule has 0 saturated carbocycles. The third-order valence-corrected chi connectivity index (χ3v) is 3.87. The molecule has 0 radical (unpaired) electrons. The molecule has 0 heterocycles. The van der Waals surface area contributed by atoms with Crippen molar-refractivity contribution in [3.63, 3.8) is 0 Å². The van der Waals surface area contributed by atoms with Crippen molar-refractivity contribution in [1.82, 2.24) is 4.72 Å². The van der Waals surface area contributed by atoms with Gasteiger partial charge in [-0.1, -0.05) is 12.1 Å². The number of hydrogen-bond donors (Lipinski definition) is 2. The summed E-state index contributed by atoms with van der Waals surface area (Å²) in [5.41, 5.74) is 0.291. The normalized spacial score (nSPS) is 12.4. The van der Waals surface area contributed by atoms with Gasteiger partial charge in [0.15, 0.2) is 0 Å². The van der Waals surface area contributed by atoms with Crippen molar-refractivity contribution >= 4 is 15.7 Å². The maximum atomic E-state index is 12.0. The molecule has 0 aromatic heterocycles. The second kappa shape index (κ2) is 6.25. The summed E-state index contributed by atoms with van der Waals surface area (Å²) < 4.78 is 61.4. The second-order valence-electron chi connectivity index (χ2n) is 3.85. The van der Waals surface area contributed by atoms with Gasteiger partial charge in [0.1, 0.15) is 4.90 Å². The lowest BCUT2D eigenvalue weighted by molar-refractivity contribution is -0.134. The fraction of sp³-hybridized carbons (Fsp3) is 0.455. The third-order valence-electron chi connectivity index (χ3n) is 2.40. The summed E-state index contributed by atoms with van der Waals surface area (Å²) in [4.78, 5) is 0.0181. The molecular formula is C11H15F3N2O2S. The summed E-state index contributed by atoms with van der Waals surface area (Å²) >= 11 is 0. The van der Waals surface area contributed by atoms with Crippen molar-refractivity contribution in [2.75, 3.05) is 18.9 Å². The Hall–Kier alpha value is -1.28. The van der Waals surface area contributed by atoms with Crippen molar-refractivity contribution in [2.24, 2.45) is 0 Å². The van der Waals surface area contributed by atoms with Gasteiger partial charge in [0.05, 0.1) is 5.69 Å². The molecule has 0 amide bonds. The van der Waals surface area contributed by atoms with E-state index in [0.29, 0.717) is 5.69 Å². The molecule has 2 N–H and O–H groups in total. The van der Waals surface area contributed by atoms with Crippen molar-refractivity contribution in [3.8, 4) is 0 Å². The van der Waals surface area contributed by atoms with Gasteiger partial charge in [-0.2, -0.15) is 13.2 Å². The van der Waals surface area contributed by atoms with E-state index in [-0.39, 0.29) is 17.9 Å². The Bertz CT molecular complexity index is 515. The summed E-state index contributed by atoms with van der Waals surface area (Å²) in [5, 5.41) is 2.71. The lowest BCUT2D eigenvalue weighted by atomic mass is 10.2. The van der Waals surface area contributed by atoms with Crippen LogP contribution in [0.1, 0.15) is 12.8 Å². The van der Waals surface area contributed by atoms with Gasteiger partial charge in [-0.3, -0.25) is 0 Å². The molecule has 0 aliphatic carbocycles. The number of alkyl halides is 3. The molecule has 108 valence electrons. The van der Waals surface area contributed by atoms with Crippen LogP contribution in [0.4, 0.5) is 18.9 Å². The van der Waals surface area contributed by atoms with Gasteiger partial charge < -0.3 is 5.32 Å². The number of para-hydroxylation sites is 1. The molecule has 8 heteroatoms. The molecule has 1 aromatic carbocycles. The fourth-order valence-electron chi connectivity index (χ4n) is 1.47. The van der Waals surface area contributed by atoms with E-state index in [1.807, 2.05) is 0 Å². The van der Waals surface area contributed by atoms with Crippen LogP contribution < -0.4 is 10.0 Å². The first kappa shape index (κ1) is 15.8. The number of hydrogen-bond acceptors (Lipinski definition) is 3. The Kier molecular flexibility index (Phi) is 5.19. The Morgan fingerprint density at radius 2 is 1.84 bits per heavy atom. The molecule has 1 aromatic rings. The Balaban J connectivity index is 2.70. The third kappa shape index (κ3) is 5.07. The minimum Gasteiger partial charge on any atom is -0.384 e. The van der Waals surface area contributed by atoms with E-state index in [9.17, 15) is 21.6 Å². The lowest BCUT2D eigenvalue weighted by Crippen LogP contribution is -2.20. The molecule has 0 unspecified atom stereocenters. The van der Waals surface area contributed by atoms with Gasteiger partial charge in [-0.25, -0.2) is 13.1 Å². The summed E-state index contributed by atoms with van der Waals surface area (Å²) in [6.45, 7) is 0.0513. The summed E-state index contributed by atoms with van der Waals surface area (Å²) in [6, 6.07) is 6.06. The van der Waals surface area contributed by atoms with Crippen LogP contribution in [0.15, 0.2) is 29.2 Å². The highest BCUT2D eigenvalue weighted by atomic mass is 32.2. The number of sulfonamides is 1. The van der Waals surface area contributed by atoms with Crippen LogP contribution in [0.25, 0.3) is 0 Å². The average molecular weight is 296 g/mol. The largest absolute Gasteiger partial charge is 0.389 e. The number of benzene rings is 1. The first-order valence-electron chi connectivity index (χ1n) is 5.59. The summed E-state index contributed by atoms with van der Waals surface area (Å²) in [7, 11) is -2.36. The minimum absolute atomic E-state index is 0.0181. The highest BCUT2D eigenvalue weighted by Gasteiger charge is 2.26. The van der Waals surface area contributed by atoms with Crippen molar-refractivity contribution in [1.29, 1.82) is 0 Å². The molecule has 0 aliphatic heterocycles. The molecule has 0 spiro atoms. The zero-order valence-electron chi connectivity index (χ0n) is 10.3. The zero-order chi connectivity index (χ0) is 14.5. The lowest BCUT2D eigenvalue weighted by Gasteiger charge is -2.12. The van der Waals surface area contributed by atoms with E-state index in [1.165, 1.54) is 19.2 Å². The van der Waals surface area contributed by atoms with Gasteiger partial charge in [-0.05, 0) is 25.6 Å². The topological polar surface area (TPSA) is 58.2 Å². The van der Waals surface area contributed by atoms with Gasteiger partial charge in [-0.15, -0.1) is 0 Å². The highest BCUT2D eigenvalue weighted by molar-refractivity contribution is 7.89. The molecule has 0 fully saturated rings. The molecule has 0 atom stereocenters.